The van der Waals surface area contributed by atoms with E-state index < -0.39 is 0 Å². The minimum absolute atomic E-state index is 0.00468. The number of esters is 2. The first-order chi connectivity index (χ1) is 21.5. The molecule has 5 heteroatoms. The van der Waals surface area contributed by atoms with Gasteiger partial charge in [0, 0.05) is 19.4 Å². The number of hydrogen-bond donors (Lipinski definition) is 0. The van der Waals surface area contributed by atoms with Gasteiger partial charge in [-0.3, -0.25) is 9.59 Å². The van der Waals surface area contributed by atoms with E-state index in [1.807, 2.05) is 0 Å². The zero-order valence-corrected chi connectivity index (χ0v) is 30.0. The molecule has 1 heterocycles. The molecule has 0 aliphatic carbocycles. The summed E-state index contributed by atoms with van der Waals surface area (Å²) in [6.45, 7) is 9.54. The topological polar surface area (TPSA) is 55.8 Å². The van der Waals surface area contributed by atoms with E-state index in [4.69, 9.17) is 9.47 Å². The van der Waals surface area contributed by atoms with Gasteiger partial charge >= 0.3 is 11.9 Å². The fraction of sp³-hybridized carbons (Fsp3) is 0.949. The average molecular weight is 622 g/mol. The maximum absolute atomic E-state index is 12.8. The molecule has 0 saturated carbocycles. The molecule has 0 aromatic rings. The molecule has 1 saturated heterocycles. The highest BCUT2D eigenvalue weighted by molar-refractivity contribution is 5.70. The quantitative estimate of drug-likeness (QED) is 0.0590. The molecule has 1 fully saturated rings. The molecule has 0 aromatic carbocycles. The molecule has 0 N–H and O–H groups in total. The molecule has 44 heavy (non-hydrogen) atoms. The first-order valence-electron chi connectivity index (χ1n) is 19.5. The maximum atomic E-state index is 12.8. The van der Waals surface area contributed by atoms with Crippen LogP contribution in [0, 0.1) is 11.8 Å². The predicted octanol–water partition coefficient (Wildman–Crippen LogP) is 11.2. The minimum Gasteiger partial charge on any atom is -0.465 e. The summed E-state index contributed by atoms with van der Waals surface area (Å²) in [6.07, 6.45) is 31.3. The van der Waals surface area contributed by atoms with E-state index in [2.05, 4.69) is 32.7 Å². The van der Waals surface area contributed by atoms with Crippen LogP contribution in [0.1, 0.15) is 194 Å². The van der Waals surface area contributed by atoms with Crippen LogP contribution in [0.25, 0.3) is 0 Å². The van der Waals surface area contributed by atoms with E-state index in [0.717, 1.165) is 51.6 Å². The lowest BCUT2D eigenvalue weighted by Gasteiger charge is -2.29. The van der Waals surface area contributed by atoms with E-state index in [1.165, 1.54) is 122 Å². The van der Waals surface area contributed by atoms with E-state index >= 15 is 0 Å². The van der Waals surface area contributed by atoms with Gasteiger partial charge in [-0.05, 0) is 83.2 Å². The number of piperidine rings is 1. The summed E-state index contributed by atoms with van der Waals surface area (Å²) in [5.41, 5.74) is 0. The van der Waals surface area contributed by atoms with Crippen molar-refractivity contribution in [2.45, 2.75) is 200 Å². The van der Waals surface area contributed by atoms with Gasteiger partial charge in [0.25, 0.3) is 0 Å². The molecule has 1 rings (SSSR count). The summed E-state index contributed by atoms with van der Waals surface area (Å²) >= 11 is 0. The molecule has 260 valence electrons. The number of carbonyl (C=O) groups excluding carboxylic acids is 2. The van der Waals surface area contributed by atoms with Crippen molar-refractivity contribution in [2.24, 2.45) is 11.8 Å². The molecule has 0 bridgehead atoms. The van der Waals surface area contributed by atoms with Crippen LogP contribution in [-0.2, 0) is 19.1 Å². The highest BCUT2D eigenvalue weighted by atomic mass is 16.5. The van der Waals surface area contributed by atoms with E-state index in [0.29, 0.717) is 31.3 Å². The molecule has 1 aliphatic heterocycles. The number of rotatable bonds is 30. The van der Waals surface area contributed by atoms with Crippen LogP contribution in [0.3, 0.4) is 0 Å². The fourth-order valence-corrected chi connectivity index (χ4v) is 6.80. The Morgan fingerprint density at radius 3 is 1.80 bits per heavy atom. The summed E-state index contributed by atoms with van der Waals surface area (Å²) in [5.74, 6) is 1.02. The Balaban J connectivity index is 2.24. The highest BCUT2D eigenvalue weighted by Gasteiger charge is 2.22. The largest absolute Gasteiger partial charge is 0.465 e. The van der Waals surface area contributed by atoms with Gasteiger partial charge in [0.15, 0.2) is 0 Å². The number of hydrogen-bond acceptors (Lipinski definition) is 5. The molecule has 3 unspecified atom stereocenters. The number of unbranched alkanes of at least 4 members (excludes halogenated alkanes) is 15. The monoisotopic (exact) mass is 622 g/mol. The fourth-order valence-electron chi connectivity index (χ4n) is 6.80. The van der Waals surface area contributed by atoms with E-state index in [-0.39, 0.29) is 18.0 Å². The number of ether oxygens (including phenoxy) is 2. The van der Waals surface area contributed by atoms with Crippen molar-refractivity contribution < 1.29 is 19.1 Å². The lowest BCUT2D eigenvalue weighted by atomic mass is 9.95. The van der Waals surface area contributed by atoms with Crippen LogP contribution >= 0.6 is 0 Å². The smallest absolute Gasteiger partial charge is 0.306 e. The zero-order valence-electron chi connectivity index (χ0n) is 30.0. The Labute approximate surface area is 274 Å². The standard InChI is InChI=1S/C39H75NO4/c1-5-8-11-13-14-17-21-28-37(44-39(42)32-36-27-24-31-40(4)33-36)29-22-18-15-16-19-23-30-38(41)43-34-35(25-10-7-3)26-20-12-9-6-2/h35-37H,5-34H2,1-4H3. The summed E-state index contributed by atoms with van der Waals surface area (Å²) in [7, 11) is 2.16. The minimum atomic E-state index is -0.00468. The molecule has 0 spiro atoms. The summed E-state index contributed by atoms with van der Waals surface area (Å²) in [6, 6.07) is 0. The normalized spacial score (nSPS) is 17.0. The molecule has 0 radical (unpaired) electrons. The first-order valence-corrected chi connectivity index (χ1v) is 19.5. The number of carbonyl (C=O) groups is 2. The van der Waals surface area contributed by atoms with Gasteiger partial charge in [0.2, 0.25) is 0 Å². The summed E-state index contributed by atoms with van der Waals surface area (Å²) < 4.78 is 11.8. The molecule has 3 atom stereocenters. The first kappa shape index (κ1) is 40.9. The average Bonchev–Trinajstić information content (AvgIpc) is 3.00. The second-order valence-electron chi connectivity index (χ2n) is 14.2. The molecular weight excluding hydrogens is 546 g/mol. The number of nitrogens with zero attached hydrogens (tertiary/aromatic N) is 1. The van der Waals surface area contributed by atoms with Gasteiger partial charge in [-0.2, -0.15) is 0 Å². The SMILES string of the molecule is CCCCCCCCCC(CCCCCCCCC(=O)OCC(CCCC)CCCCCC)OC(=O)CC1CCCN(C)C1. The summed E-state index contributed by atoms with van der Waals surface area (Å²) in [4.78, 5) is 27.5. The Hall–Kier alpha value is -1.10. The molecule has 0 aromatic heterocycles. The van der Waals surface area contributed by atoms with Crippen LogP contribution in [0.15, 0.2) is 0 Å². The zero-order chi connectivity index (χ0) is 32.1. The Morgan fingerprint density at radius 2 is 1.18 bits per heavy atom. The molecule has 0 amide bonds. The van der Waals surface area contributed by atoms with Crippen molar-refractivity contribution in [3.8, 4) is 0 Å². The van der Waals surface area contributed by atoms with Gasteiger partial charge in [0.05, 0.1) is 6.61 Å². The van der Waals surface area contributed by atoms with Gasteiger partial charge in [0.1, 0.15) is 6.10 Å². The second kappa shape index (κ2) is 29.3. The van der Waals surface area contributed by atoms with Crippen LogP contribution in [0.5, 0.6) is 0 Å². The van der Waals surface area contributed by atoms with Crippen LogP contribution in [0.4, 0.5) is 0 Å². The van der Waals surface area contributed by atoms with E-state index in [9.17, 15) is 9.59 Å². The number of likely N-dealkylation sites (tertiary alicyclic amines) is 1. The van der Waals surface area contributed by atoms with Crippen LogP contribution < -0.4 is 0 Å². The Bertz CT molecular complexity index is 669. The van der Waals surface area contributed by atoms with Crippen LogP contribution in [-0.4, -0.2) is 49.7 Å². The van der Waals surface area contributed by atoms with Gasteiger partial charge < -0.3 is 14.4 Å². The third kappa shape index (κ3) is 24.2. The maximum Gasteiger partial charge on any atom is 0.306 e. The Morgan fingerprint density at radius 1 is 0.659 bits per heavy atom. The lowest BCUT2D eigenvalue weighted by molar-refractivity contribution is -0.151. The molecule has 1 aliphatic rings. The van der Waals surface area contributed by atoms with Gasteiger partial charge in [-0.25, -0.2) is 0 Å². The van der Waals surface area contributed by atoms with Crippen LogP contribution in [0.2, 0.25) is 0 Å². The molecule has 5 nitrogen and oxygen atoms in total. The Kier molecular flexibility index (Phi) is 27.3. The van der Waals surface area contributed by atoms with Crippen molar-refractivity contribution in [1.82, 2.24) is 4.90 Å². The molecular formula is C39H75NO4. The third-order valence-corrected chi connectivity index (χ3v) is 9.67. The van der Waals surface area contributed by atoms with Crippen molar-refractivity contribution in [3.63, 3.8) is 0 Å². The lowest BCUT2D eigenvalue weighted by Crippen LogP contribution is -2.33. The van der Waals surface area contributed by atoms with Crippen molar-refractivity contribution in [2.75, 3.05) is 26.7 Å². The van der Waals surface area contributed by atoms with Gasteiger partial charge in [-0.1, -0.05) is 124 Å². The summed E-state index contributed by atoms with van der Waals surface area (Å²) in [5, 5.41) is 0. The van der Waals surface area contributed by atoms with Crippen molar-refractivity contribution in [1.29, 1.82) is 0 Å². The third-order valence-electron chi connectivity index (χ3n) is 9.67. The predicted molar refractivity (Wildman–Crippen MR) is 187 cm³/mol. The second-order valence-corrected chi connectivity index (χ2v) is 14.2. The van der Waals surface area contributed by atoms with Crippen molar-refractivity contribution in [3.05, 3.63) is 0 Å². The van der Waals surface area contributed by atoms with E-state index in [1.54, 1.807) is 0 Å². The highest BCUT2D eigenvalue weighted by Crippen LogP contribution is 2.22. The van der Waals surface area contributed by atoms with Gasteiger partial charge in [-0.15, -0.1) is 0 Å². The van der Waals surface area contributed by atoms with Crippen molar-refractivity contribution >= 4 is 11.9 Å².